The fraction of sp³-hybridized carbons (Fsp3) is 0.111. The van der Waals surface area contributed by atoms with E-state index in [0.29, 0.717) is 5.75 Å². The van der Waals surface area contributed by atoms with Crippen LogP contribution in [0, 0.1) is 0 Å². The molecule has 0 amide bonds. The van der Waals surface area contributed by atoms with Crippen molar-refractivity contribution in [3.63, 3.8) is 0 Å². The summed E-state index contributed by atoms with van der Waals surface area (Å²) in [6, 6.07) is 4.95. The molecule has 0 spiro atoms. The normalized spacial score (nSPS) is 10.2. The Balaban J connectivity index is 2.04. The Morgan fingerprint density at radius 1 is 1.50 bits per heavy atom. The largest absolute Gasteiger partial charge is 0.477 e. The Bertz CT molecular complexity index is 487. The van der Waals surface area contributed by atoms with E-state index in [2.05, 4.69) is 14.3 Å². The number of carbonyl (C=O) groups is 1. The van der Waals surface area contributed by atoms with E-state index >= 15 is 0 Å². The minimum Gasteiger partial charge on any atom is -0.477 e. The molecule has 82 valence electrons. The summed E-state index contributed by atoms with van der Waals surface area (Å²) in [7, 11) is 0. The summed E-state index contributed by atoms with van der Waals surface area (Å²) in [6.07, 6.45) is 1.49. The highest BCUT2D eigenvalue weighted by Gasteiger charge is 2.06. The van der Waals surface area contributed by atoms with Crippen LogP contribution in [0.4, 0.5) is 0 Å². The first-order chi connectivity index (χ1) is 7.75. The lowest BCUT2D eigenvalue weighted by atomic mass is 10.3. The van der Waals surface area contributed by atoms with E-state index in [0.717, 1.165) is 10.0 Å². The van der Waals surface area contributed by atoms with Crippen LogP contribution >= 0.6 is 23.3 Å². The molecule has 7 heteroatoms. The third-order valence-corrected chi connectivity index (χ3v) is 3.54. The first-order valence-corrected chi connectivity index (χ1v) is 6.10. The van der Waals surface area contributed by atoms with Crippen molar-refractivity contribution in [2.75, 3.05) is 0 Å². The summed E-state index contributed by atoms with van der Waals surface area (Å²) in [5.74, 6) is -0.418. The monoisotopic (exact) mass is 253 g/mol. The molecule has 0 aliphatic carbocycles. The molecule has 0 unspecified atom stereocenters. The lowest BCUT2D eigenvalue weighted by Gasteiger charge is -1.99. The van der Waals surface area contributed by atoms with Gasteiger partial charge in [0.05, 0.1) is 5.69 Å². The van der Waals surface area contributed by atoms with Crippen molar-refractivity contribution in [2.24, 2.45) is 0 Å². The second kappa shape index (κ2) is 5.04. The second-order valence-corrected chi connectivity index (χ2v) is 4.82. The maximum atomic E-state index is 10.7. The van der Waals surface area contributed by atoms with Crippen LogP contribution in [0.15, 0.2) is 28.9 Å². The molecule has 0 atom stereocenters. The van der Waals surface area contributed by atoms with Gasteiger partial charge in [-0.2, -0.15) is 4.37 Å². The summed E-state index contributed by atoms with van der Waals surface area (Å²) >= 11 is 2.80. The van der Waals surface area contributed by atoms with Crippen molar-refractivity contribution in [1.29, 1.82) is 0 Å². The summed E-state index contributed by atoms with van der Waals surface area (Å²) in [5, 5.41) is 8.77. The van der Waals surface area contributed by atoms with E-state index in [1.54, 1.807) is 12.1 Å². The van der Waals surface area contributed by atoms with Crippen molar-refractivity contribution < 1.29 is 9.90 Å². The Morgan fingerprint density at radius 2 is 2.38 bits per heavy atom. The fourth-order valence-corrected chi connectivity index (χ4v) is 2.39. The number of rotatable bonds is 4. The minimum atomic E-state index is -1.01. The van der Waals surface area contributed by atoms with Crippen molar-refractivity contribution in [2.45, 2.75) is 10.1 Å². The number of hydrogen-bond acceptors (Lipinski definition) is 6. The zero-order valence-electron chi connectivity index (χ0n) is 8.03. The van der Waals surface area contributed by atoms with Crippen molar-refractivity contribution in [3.05, 3.63) is 35.9 Å². The van der Waals surface area contributed by atoms with Crippen LogP contribution in [-0.2, 0) is 5.75 Å². The third-order valence-electron chi connectivity index (χ3n) is 1.71. The van der Waals surface area contributed by atoms with Gasteiger partial charge in [-0.25, -0.2) is 14.8 Å². The first kappa shape index (κ1) is 11.0. The Kier molecular flexibility index (Phi) is 3.47. The van der Waals surface area contributed by atoms with E-state index in [1.165, 1.54) is 35.7 Å². The summed E-state index contributed by atoms with van der Waals surface area (Å²) in [6.45, 7) is 0. The minimum absolute atomic E-state index is 0.0652. The molecule has 1 N–H and O–H groups in total. The average Bonchev–Trinajstić information content (AvgIpc) is 2.79. The smallest absolute Gasteiger partial charge is 0.354 e. The molecular formula is C9H7N3O2S2. The quantitative estimate of drug-likeness (QED) is 0.839. The summed E-state index contributed by atoms with van der Waals surface area (Å²) in [4.78, 5) is 18.7. The maximum absolute atomic E-state index is 10.7. The molecule has 0 saturated carbocycles. The molecule has 2 aromatic rings. The Morgan fingerprint density at radius 3 is 3.06 bits per heavy atom. The number of hydrogen-bond donors (Lipinski definition) is 1. The highest BCUT2D eigenvalue weighted by Crippen LogP contribution is 2.22. The zero-order valence-corrected chi connectivity index (χ0v) is 9.66. The van der Waals surface area contributed by atoms with Gasteiger partial charge in [-0.1, -0.05) is 17.8 Å². The molecule has 0 aromatic carbocycles. The lowest BCUT2D eigenvalue weighted by Crippen LogP contribution is -2.01. The van der Waals surface area contributed by atoms with E-state index in [4.69, 9.17) is 5.11 Å². The van der Waals surface area contributed by atoms with Crippen molar-refractivity contribution in [1.82, 2.24) is 14.3 Å². The number of carboxylic acid groups (broad SMARTS) is 1. The average molecular weight is 253 g/mol. The van der Waals surface area contributed by atoms with Crippen LogP contribution in [0.2, 0.25) is 0 Å². The van der Waals surface area contributed by atoms with Gasteiger partial charge in [-0.15, -0.1) is 0 Å². The number of thioether (sulfide) groups is 1. The second-order valence-electron chi connectivity index (χ2n) is 2.82. The molecule has 16 heavy (non-hydrogen) atoms. The van der Waals surface area contributed by atoms with Crippen molar-refractivity contribution >= 4 is 29.3 Å². The molecule has 0 radical (unpaired) electrons. The molecule has 5 nitrogen and oxygen atoms in total. The summed E-state index contributed by atoms with van der Waals surface area (Å²) < 4.78 is 4.73. The molecule has 0 bridgehead atoms. The van der Waals surface area contributed by atoms with Crippen LogP contribution in [0.3, 0.4) is 0 Å². The highest BCUT2D eigenvalue weighted by molar-refractivity contribution is 8.00. The van der Waals surface area contributed by atoms with E-state index in [1.807, 2.05) is 0 Å². The molecule has 0 aliphatic heterocycles. The standard InChI is InChI=1S/C9H7N3O2S2/c13-8(14)7-3-1-2-6(12-7)4-15-9-10-5-11-16-9/h1-3,5H,4H2,(H,13,14). The fourth-order valence-electron chi connectivity index (χ4n) is 1.04. The predicted octanol–water partition coefficient (Wildman–Crippen LogP) is 1.92. The first-order valence-electron chi connectivity index (χ1n) is 4.34. The lowest BCUT2D eigenvalue weighted by molar-refractivity contribution is 0.0690. The van der Waals surface area contributed by atoms with Gasteiger partial charge < -0.3 is 5.11 Å². The number of nitrogens with zero attached hydrogens (tertiary/aromatic N) is 3. The predicted molar refractivity (Wildman–Crippen MR) is 60.7 cm³/mol. The SMILES string of the molecule is O=C(O)c1cccc(CSc2ncns2)n1. The molecular weight excluding hydrogens is 246 g/mol. The maximum Gasteiger partial charge on any atom is 0.354 e. The van der Waals surface area contributed by atoms with Gasteiger partial charge in [0, 0.05) is 5.75 Å². The van der Waals surface area contributed by atoms with E-state index < -0.39 is 5.97 Å². The van der Waals surface area contributed by atoms with Crippen LogP contribution in [0.5, 0.6) is 0 Å². The number of carboxylic acids is 1. The van der Waals surface area contributed by atoms with Crippen LogP contribution < -0.4 is 0 Å². The summed E-state index contributed by atoms with van der Waals surface area (Å²) in [5.41, 5.74) is 0.787. The Hall–Kier alpha value is -1.47. The van der Waals surface area contributed by atoms with Gasteiger partial charge in [0.2, 0.25) is 0 Å². The Labute approximate surface area is 99.7 Å². The van der Waals surface area contributed by atoms with Crippen LogP contribution in [0.1, 0.15) is 16.2 Å². The van der Waals surface area contributed by atoms with Crippen molar-refractivity contribution in [3.8, 4) is 0 Å². The topological polar surface area (TPSA) is 76.0 Å². The van der Waals surface area contributed by atoms with Gasteiger partial charge in [0.15, 0.2) is 4.34 Å². The molecule has 0 aliphatic rings. The van der Waals surface area contributed by atoms with Crippen LogP contribution in [0.25, 0.3) is 0 Å². The van der Waals surface area contributed by atoms with Gasteiger partial charge in [0.1, 0.15) is 12.0 Å². The number of aromatic nitrogens is 3. The number of aromatic carboxylic acids is 1. The molecule has 2 heterocycles. The van der Waals surface area contributed by atoms with Gasteiger partial charge in [0.25, 0.3) is 0 Å². The van der Waals surface area contributed by atoms with Crippen LogP contribution in [-0.4, -0.2) is 25.4 Å². The molecule has 0 saturated heterocycles. The molecule has 0 fully saturated rings. The number of pyridine rings is 1. The third kappa shape index (κ3) is 2.77. The van der Waals surface area contributed by atoms with Gasteiger partial charge >= 0.3 is 5.97 Å². The highest BCUT2D eigenvalue weighted by atomic mass is 32.2. The van der Waals surface area contributed by atoms with E-state index in [9.17, 15) is 4.79 Å². The van der Waals surface area contributed by atoms with Gasteiger partial charge in [-0.05, 0) is 23.7 Å². The zero-order chi connectivity index (χ0) is 11.4. The molecule has 2 rings (SSSR count). The van der Waals surface area contributed by atoms with E-state index in [-0.39, 0.29) is 5.69 Å². The molecule has 2 aromatic heterocycles. The van der Waals surface area contributed by atoms with Gasteiger partial charge in [-0.3, -0.25) is 0 Å².